The third kappa shape index (κ3) is 3.38. The number of benzene rings is 1. The first-order valence-electron chi connectivity index (χ1n) is 8.04. The van der Waals surface area contributed by atoms with Crippen molar-refractivity contribution in [3.05, 3.63) is 59.7 Å². The highest BCUT2D eigenvalue weighted by molar-refractivity contribution is 6.01. The van der Waals surface area contributed by atoms with Crippen LogP contribution in [0.4, 0.5) is 4.39 Å². The van der Waals surface area contributed by atoms with Crippen molar-refractivity contribution in [1.29, 1.82) is 5.26 Å². The summed E-state index contributed by atoms with van der Waals surface area (Å²) in [4.78, 5) is 12.3. The zero-order valence-corrected chi connectivity index (χ0v) is 13.2. The largest absolute Gasteiger partial charge is 0.349 e. The van der Waals surface area contributed by atoms with Gasteiger partial charge in [-0.1, -0.05) is 25.0 Å². The summed E-state index contributed by atoms with van der Waals surface area (Å²) in [6.45, 7) is 0. The summed E-state index contributed by atoms with van der Waals surface area (Å²) in [6.07, 6.45) is 7.32. The monoisotopic (exact) mass is 323 g/mol. The van der Waals surface area contributed by atoms with E-state index in [0.717, 1.165) is 25.7 Å². The minimum absolute atomic E-state index is 0.0261. The van der Waals surface area contributed by atoms with Crippen LogP contribution in [0.25, 0.3) is 11.8 Å². The van der Waals surface area contributed by atoms with E-state index in [1.807, 2.05) is 6.07 Å². The van der Waals surface area contributed by atoms with Crippen LogP contribution in [0.2, 0.25) is 0 Å². The van der Waals surface area contributed by atoms with Crippen molar-refractivity contribution in [2.45, 2.75) is 31.7 Å². The van der Waals surface area contributed by atoms with Crippen molar-refractivity contribution in [3.8, 4) is 11.8 Å². The van der Waals surface area contributed by atoms with Crippen LogP contribution in [-0.2, 0) is 4.79 Å². The predicted octanol–water partition coefficient (Wildman–Crippen LogP) is 3.58. The Morgan fingerprint density at radius 3 is 2.71 bits per heavy atom. The standard InChI is InChI=1S/C19H18FN3O/c20-17-9-3-4-10-18(17)23-11-5-8-16(23)12-14(13-21)19(24)22-15-6-1-2-7-15/h3-5,8-12,15H,1-2,6-7H2,(H,22,24)/b14-12-. The maximum atomic E-state index is 14.0. The number of para-hydroxylation sites is 1. The topological polar surface area (TPSA) is 57.8 Å². The lowest BCUT2D eigenvalue weighted by Crippen LogP contribution is -2.33. The van der Waals surface area contributed by atoms with E-state index < -0.39 is 0 Å². The van der Waals surface area contributed by atoms with Crippen molar-refractivity contribution < 1.29 is 9.18 Å². The molecule has 0 saturated heterocycles. The summed E-state index contributed by atoms with van der Waals surface area (Å²) in [5, 5.41) is 12.2. The maximum Gasteiger partial charge on any atom is 0.262 e. The average molecular weight is 323 g/mol. The third-order valence-electron chi connectivity index (χ3n) is 4.24. The number of hydrogen-bond donors (Lipinski definition) is 1. The van der Waals surface area contributed by atoms with Crippen LogP contribution >= 0.6 is 0 Å². The smallest absolute Gasteiger partial charge is 0.262 e. The van der Waals surface area contributed by atoms with Gasteiger partial charge in [0.25, 0.3) is 5.91 Å². The quantitative estimate of drug-likeness (QED) is 0.690. The first-order chi connectivity index (χ1) is 11.7. The SMILES string of the molecule is N#C/C(=C/c1cccn1-c1ccccc1F)C(=O)NC1CCCC1. The van der Waals surface area contributed by atoms with Crippen molar-refractivity contribution in [2.75, 3.05) is 0 Å². The van der Waals surface area contributed by atoms with E-state index >= 15 is 0 Å². The Balaban J connectivity index is 1.87. The number of halogens is 1. The van der Waals surface area contributed by atoms with Crippen LogP contribution in [0, 0.1) is 17.1 Å². The molecule has 1 saturated carbocycles. The third-order valence-corrected chi connectivity index (χ3v) is 4.24. The molecular formula is C19H18FN3O. The first-order valence-corrected chi connectivity index (χ1v) is 8.04. The highest BCUT2D eigenvalue weighted by Gasteiger charge is 2.19. The fourth-order valence-electron chi connectivity index (χ4n) is 3.01. The number of hydrogen-bond acceptors (Lipinski definition) is 2. The zero-order chi connectivity index (χ0) is 16.9. The van der Waals surface area contributed by atoms with Gasteiger partial charge in [-0.15, -0.1) is 0 Å². The molecule has 1 fully saturated rings. The van der Waals surface area contributed by atoms with E-state index in [4.69, 9.17) is 0 Å². The molecule has 24 heavy (non-hydrogen) atoms. The van der Waals surface area contributed by atoms with Crippen LogP contribution in [0.15, 0.2) is 48.2 Å². The number of carbonyl (C=O) groups excluding carboxylic acids is 1. The van der Waals surface area contributed by atoms with Crippen LogP contribution in [0.5, 0.6) is 0 Å². The molecule has 1 aromatic heterocycles. The molecule has 1 aliphatic rings. The summed E-state index contributed by atoms with van der Waals surface area (Å²) in [7, 11) is 0. The van der Waals surface area contributed by atoms with E-state index in [1.165, 1.54) is 12.1 Å². The van der Waals surface area contributed by atoms with Gasteiger partial charge in [-0.25, -0.2) is 4.39 Å². The second-order valence-corrected chi connectivity index (χ2v) is 5.88. The van der Waals surface area contributed by atoms with Gasteiger partial charge in [0, 0.05) is 17.9 Å². The number of nitrogens with zero attached hydrogens (tertiary/aromatic N) is 2. The van der Waals surface area contributed by atoms with Gasteiger partial charge in [0.05, 0.1) is 5.69 Å². The number of nitrogens with one attached hydrogen (secondary N) is 1. The summed E-state index contributed by atoms with van der Waals surface area (Å²) < 4.78 is 15.6. The van der Waals surface area contributed by atoms with Crippen LogP contribution in [-0.4, -0.2) is 16.5 Å². The second kappa shape index (κ2) is 7.14. The molecule has 1 aliphatic carbocycles. The van der Waals surface area contributed by atoms with Crippen molar-refractivity contribution in [1.82, 2.24) is 9.88 Å². The van der Waals surface area contributed by atoms with E-state index in [2.05, 4.69) is 5.32 Å². The summed E-state index contributed by atoms with van der Waals surface area (Å²) in [5.74, 6) is -0.733. The first kappa shape index (κ1) is 16.0. The molecule has 0 unspecified atom stereocenters. The van der Waals surface area contributed by atoms with E-state index in [-0.39, 0.29) is 23.3 Å². The van der Waals surface area contributed by atoms with Crippen LogP contribution < -0.4 is 5.32 Å². The fraction of sp³-hybridized carbons (Fsp3) is 0.263. The normalized spacial score (nSPS) is 15.2. The summed E-state index contributed by atoms with van der Waals surface area (Å²) in [6, 6.07) is 12.0. The van der Waals surface area contributed by atoms with Gasteiger partial charge in [0.1, 0.15) is 17.5 Å². The lowest BCUT2D eigenvalue weighted by atomic mass is 10.2. The number of nitriles is 1. The molecule has 3 rings (SSSR count). The number of amides is 1. The van der Waals surface area contributed by atoms with Gasteiger partial charge in [0.2, 0.25) is 0 Å². The molecule has 4 nitrogen and oxygen atoms in total. The Kier molecular flexibility index (Phi) is 4.76. The molecule has 5 heteroatoms. The number of carbonyl (C=O) groups is 1. The maximum absolute atomic E-state index is 14.0. The summed E-state index contributed by atoms with van der Waals surface area (Å²) in [5.41, 5.74) is 0.985. The fourth-order valence-corrected chi connectivity index (χ4v) is 3.01. The van der Waals surface area contributed by atoms with E-state index in [0.29, 0.717) is 11.4 Å². The highest BCUT2D eigenvalue weighted by Crippen LogP contribution is 2.20. The summed E-state index contributed by atoms with van der Waals surface area (Å²) >= 11 is 0. The molecule has 1 aromatic carbocycles. The Morgan fingerprint density at radius 2 is 2.00 bits per heavy atom. The molecule has 0 bridgehead atoms. The molecular weight excluding hydrogens is 305 g/mol. The molecule has 1 N–H and O–H groups in total. The molecule has 0 radical (unpaired) electrons. The highest BCUT2D eigenvalue weighted by atomic mass is 19.1. The van der Waals surface area contributed by atoms with Crippen LogP contribution in [0.1, 0.15) is 31.4 Å². The molecule has 1 amide bonds. The van der Waals surface area contributed by atoms with E-state index in [9.17, 15) is 14.4 Å². The molecule has 0 aliphatic heterocycles. The minimum Gasteiger partial charge on any atom is -0.349 e. The van der Waals surface area contributed by atoms with Gasteiger partial charge >= 0.3 is 0 Å². The van der Waals surface area contributed by atoms with Gasteiger partial charge in [-0.05, 0) is 43.2 Å². The number of rotatable bonds is 4. The lowest BCUT2D eigenvalue weighted by molar-refractivity contribution is -0.117. The Morgan fingerprint density at radius 1 is 1.25 bits per heavy atom. The molecule has 0 spiro atoms. The van der Waals surface area contributed by atoms with Gasteiger partial charge in [-0.2, -0.15) is 5.26 Å². The lowest BCUT2D eigenvalue weighted by Gasteiger charge is -2.11. The second-order valence-electron chi connectivity index (χ2n) is 5.88. The zero-order valence-electron chi connectivity index (χ0n) is 13.2. The molecule has 2 aromatic rings. The van der Waals surface area contributed by atoms with E-state index in [1.54, 1.807) is 41.1 Å². The molecule has 0 atom stereocenters. The average Bonchev–Trinajstić information content (AvgIpc) is 3.24. The molecule has 122 valence electrons. The number of aromatic nitrogens is 1. The Hall–Kier alpha value is -2.87. The van der Waals surface area contributed by atoms with Crippen molar-refractivity contribution >= 4 is 12.0 Å². The van der Waals surface area contributed by atoms with Crippen LogP contribution in [0.3, 0.4) is 0 Å². The van der Waals surface area contributed by atoms with Gasteiger partial charge in [-0.3, -0.25) is 4.79 Å². The minimum atomic E-state index is -0.370. The predicted molar refractivity (Wildman–Crippen MR) is 89.7 cm³/mol. The van der Waals surface area contributed by atoms with Gasteiger partial charge < -0.3 is 9.88 Å². The van der Waals surface area contributed by atoms with Crippen molar-refractivity contribution in [2.24, 2.45) is 0 Å². The van der Waals surface area contributed by atoms with Gasteiger partial charge in [0.15, 0.2) is 0 Å². The Bertz CT molecular complexity index is 810. The van der Waals surface area contributed by atoms with Crippen molar-refractivity contribution in [3.63, 3.8) is 0 Å². The Labute approximate surface area is 140 Å². The molecule has 1 heterocycles.